The molecule has 6 nitrogen and oxygen atoms in total. The molecule has 2 aliphatic heterocycles. The number of benzene rings is 6. The summed E-state index contributed by atoms with van der Waals surface area (Å²) >= 11 is 0. The van der Waals surface area contributed by atoms with E-state index in [9.17, 15) is 0 Å². The SMILES string of the molecule is C=C/C(c1ccc(-c2nc(-n3c4ccccc4c4cc5c6c(c43)Oc3ccccc3N6C3=C(O5)C(C)C=C3)nc3ccccc23)cc1)=c1/ccccc1=C. The molecular weight excluding hydrogens is 665 g/mol. The second kappa shape index (κ2) is 11.4. The van der Waals surface area contributed by atoms with Gasteiger partial charge in [-0.1, -0.05) is 129 Å². The summed E-state index contributed by atoms with van der Waals surface area (Å²) in [4.78, 5) is 12.9. The lowest BCUT2D eigenvalue weighted by Crippen LogP contribution is -2.26. The summed E-state index contributed by atoms with van der Waals surface area (Å²) in [5, 5.41) is 5.05. The van der Waals surface area contributed by atoms with Crippen LogP contribution in [0.15, 0.2) is 164 Å². The Bertz CT molecular complexity index is 3120. The Kier molecular flexibility index (Phi) is 6.43. The molecule has 0 bridgehead atoms. The molecule has 0 saturated carbocycles. The van der Waals surface area contributed by atoms with Crippen LogP contribution in [-0.4, -0.2) is 14.5 Å². The summed E-state index contributed by atoms with van der Waals surface area (Å²) < 4.78 is 15.8. The van der Waals surface area contributed by atoms with Crippen molar-refractivity contribution in [1.29, 1.82) is 0 Å². The maximum absolute atomic E-state index is 6.94. The highest BCUT2D eigenvalue weighted by Crippen LogP contribution is 2.60. The van der Waals surface area contributed by atoms with Gasteiger partial charge in [-0.2, -0.15) is 0 Å². The third kappa shape index (κ3) is 4.28. The molecule has 1 atom stereocenters. The van der Waals surface area contributed by atoms with E-state index in [0.29, 0.717) is 11.7 Å². The molecule has 8 aromatic rings. The van der Waals surface area contributed by atoms with Gasteiger partial charge in [0.25, 0.3) is 0 Å². The van der Waals surface area contributed by atoms with Gasteiger partial charge < -0.3 is 9.47 Å². The van der Waals surface area contributed by atoms with Crippen LogP contribution in [0.4, 0.5) is 11.4 Å². The van der Waals surface area contributed by atoms with E-state index in [4.69, 9.17) is 19.4 Å². The minimum Gasteiger partial charge on any atom is -0.457 e. The number of anilines is 2. The maximum Gasteiger partial charge on any atom is 0.235 e. The molecule has 54 heavy (non-hydrogen) atoms. The van der Waals surface area contributed by atoms with E-state index in [1.165, 1.54) is 0 Å². The number of para-hydroxylation sites is 4. The van der Waals surface area contributed by atoms with Crippen molar-refractivity contribution in [2.75, 3.05) is 4.90 Å². The van der Waals surface area contributed by atoms with E-state index >= 15 is 0 Å². The molecule has 0 radical (unpaired) electrons. The third-order valence-electron chi connectivity index (χ3n) is 10.8. The van der Waals surface area contributed by atoms with Crippen molar-refractivity contribution in [3.8, 4) is 34.5 Å². The Hall–Kier alpha value is -7.18. The summed E-state index contributed by atoms with van der Waals surface area (Å²) in [6.45, 7) is 10.6. The number of nitrogens with zero attached hydrogens (tertiary/aromatic N) is 4. The van der Waals surface area contributed by atoms with Gasteiger partial charge in [0.05, 0.1) is 28.1 Å². The Morgan fingerprint density at radius 1 is 0.759 bits per heavy atom. The molecule has 0 N–H and O–H groups in total. The molecule has 256 valence electrons. The lowest BCUT2D eigenvalue weighted by atomic mass is 9.99. The van der Waals surface area contributed by atoms with Gasteiger partial charge in [0, 0.05) is 27.6 Å². The molecule has 1 unspecified atom stereocenters. The molecule has 2 aromatic heterocycles. The van der Waals surface area contributed by atoms with E-state index in [-0.39, 0.29) is 5.92 Å². The van der Waals surface area contributed by atoms with E-state index in [1.807, 2.05) is 54.6 Å². The van der Waals surface area contributed by atoms with E-state index in [2.05, 4.69) is 121 Å². The lowest BCUT2D eigenvalue weighted by molar-refractivity contribution is 0.369. The average molecular weight is 697 g/mol. The smallest absolute Gasteiger partial charge is 0.235 e. The Morgan fingerprint density at radius 2 is 1.52 bits per heavy atom. The number of hydrogen-bond donors (Lipinski definition) is 0. The number of ether oxygens (including phenoxy) is 2. The van der Waals surface area contributed by atoms with Gasteiger partial charge in [-0.05, 0) is 58.0 Å². The molecule has 4 heterocycles. The summed E-state index contributed by atoms with van der Waals surface area (Å²) in [5.74, 6) is 3.90. The predicted octanol–water partition coefficient (Wildman–Crippen LogP) is 10.2. The average Bonchev–Trinajstić information content (AvgIpc) is 3.75. The molecule has 0 spiro atoms. The standard InChI is InChI=1S/C48H32N4O2/c1-4-32(33-14-6-5-13-28(33)2)30-22-24-31(25-23-30)43-35-16-7-9-17-37(35)49-48(50-43)52-38-18-10-8-15-34(38)36-27-42-45-47(44(36)52)53-41-20-12-11-19-39(41)51(45)40-26-21-29(3)46(40)54-42/h4-27,29H,1-2H2,3H3/b33-32+. The van der Waals surface area contributed by atoms with E-state index in [1.54, 1.807) is 0 Å². The fourth-order valence-corrected chi connectivity index (χ4v) is 8.31. The Balaban J connectivity index is 1.17. The van der Waals surface area contributed by atoms with Crippen molar-refractivity contribution in [1.82, 2.24) is 14.5 Å². The first-order chi connectivity index (χ1) is 26.6. The molecule has 1 aliphatic carbocycles. The monoisotopic (exact) mass is 696 g/mol. The zero-order chi connectivity index (χ0) is 36.1. The fourth-order valence-electron chi connectivity index (χ4n) is 8.31. The summed E-state index contributed by atoms with van der Waals surface area (Å²) in [6.07, 6.45) is 6.25. The van der Waals surface area contributed by atoms with Gasteiger partial charge in [-0.25, -0.2) is 9.97 Å². The number of aromatic nitrogens is 3. The van der Waals surface area contributed by atoms with Crippen LogP contribution in [0.25, 0.3) is 62.1 Å². The molecular formula is C48H32N4O2. The highest BCUT2D eigenvalue weighted by molar-refractivity contribution is 6.15. The van der Waals surface area contributed by atoms with Gasteiger partial charge in [-0.3, -0.25) is 9.47 Å². The third-order valence-corrected chi connectivity index (χ3v) is 10.8. The highest BCUT2D eigenvalue weighted by Gasteiger charge is 2.40. The maximum atomic E-state index is 6.94. The highest BCUT2D eigenvalue weighted by atomic mass is 16.5. The number of rotatable bonds is 4. The van der Waals surface area contributed by atoms with Crippen LogP contribution in [-0.2, 0) is 0 Å². The first-order valence-electron chi connectivity index (χ1n) is 18.1. The number of hydrogen-bond acceptors (Lipinski definition) is 5. The van der Waals surface area contributed by atoms with Gasteiger partial charge >= 0.3 is 0 Å². The van der Waals surface area contributed by atoms with Crippen LogP contribution in [0, 0.1) is 5.92 Å². The van der Waals surface area contributed by atoms with Crippen molar-refractivity contribution in [2.45, 2.75) is 6.92 Å². The zero-order valence-electron chi connectivity index (χ0n) is 29.5. The topological polar surface area (TPSA) is 52.4 Å². The quantitative estimate of drug-likeness (QED) is 0.183. The van der Waals surface area contributed by atoms with Crippen molar-refractivity contribution in [3.63, 3.8) is 0 Å². The Morgan fingerprint density at radius 3 is 2.37 bits per heavy atom. The van der Waals surface area contributed by atoms with Gasteiger partial charge in [0.2, 0.25) is 5.95 Å². The van der Waals surface area contributed by atoms with Crippen molar-refractivity contribution < 1.29 is 9.47 Å². The second-order valence-electron chi connectivity index (χ2n) is 13.9. The minimum absolute atomic E-state index is 0.155. The van der Waals surface area contributed by atoms with Crippen molar-refractivity contribution >= 4 is 56.2 Å². The molecule has 0 amide bonds. The molecule has 0 saturated heterocycles. The van der Waals surface area contributed by atoms with Crippen LogP contribution in [0.2, 0.25) is 0 Å². The second-order valence-corrected chi connectivity index (χ2v) is 13.9. The van der Waals surface area contributed by atoms with Crippen LogP contribution >= 0.6 is 0 Å². The number of fused-ring (bicyclic) bond motifs is 8. The van der Waals surface area contributed by atoms with Crippen molar-refractivity contribution in [3.05, 3.63) is 180 Å². The molecule has 3 aliphatic rings. The van der Waals surface area contributed by atoms with Gasteiger partial charge in [0.15, 0.2) is 17.2 Å². The molecule has 6 heteroatoms. The van der Waals surface area contributed by atoms with Crippen LogP contribution in [0.1, 0.15) is 12.5 Å². The molecule has 6 aromatic carbocycles. The van der Waals surface area contributed by atoms with Gasteiger partial charge in [0.1, 0.15) is 17.0 Å². The van der Waals surface area contributed by atoms with E-state index < -0.39 is 0 Å². The minimum atomic E-state index is 0.155. The van der Waals surface area contributed by atoms with Crippen LogP contribution in [0.5, 0.6) is 17.2 Å². The summed E-state index contributed by atoms with van der Waals surface area (Å²) in [7, 11) is 0. The predicted molar refractivity (Wildman–Crippen MR) is 218 cm³/mol. The first kappa shape index (κ1) is 30.4. The Labute approximate surface area is 311 Å². The van der Waals surface area contributed by atoms with Gasteiger partial charge in [-0.15, -0.1) is 0 Å². The number of allylic oxidation sites excluding steroid dienone is 3. The molecule has 11 rings (SSSR count). The van der Waals surface area contributed by atoms with E-state index in [0.717, 1.165) is 99.9 Å². The summed E-state index contributed by atoms with van der Waals surface area (Å²) in [5.41, 5.74) is 9.49. The largest absolute Gasteiger partial charge is 0.457 e. The summed E-state index contributed by atoms with van der Waals surface area (Å²) in [6, 6.07) is 43.6. The van der Waals surface area contributed by atoms with Crippen LogP contribution < -0.4 is 24.8 Å². The normalized spacial score (nSPS) is 15.9. The molecule has 0 fully saturated rings. The fraction of sp³-hybridized carbons (Fsp3) is 0.0417. The van der Waals surface area contributed by atoms with Crippen molar-refractivity contribution in [2.24, 2.45) is 5.92 Å². The lowest BCUT2D eigenvalue weighted by Gasteiger charge is -2.38. The zero-order valence-corrected chi connectivity index (χ0v) is 29.5. The first-order valence-corrected chi connectivity index (χ1v) is 18.1. The van der Waals surface area contributed by atoms with Crippen LogP contribution in [0.3, 0.4) is 0 Å².